The van der Waals surface area contributed by atoms with Gasteiger partial charge in [-0.1, -0.05) is 15.9 Å². The summed E-state index contributed by atoms with van der Waals surface area (Å²) in [7, 11) is 0. The zero-order valence-electron chi connectivity index (χ0n) is 13.1. The summed E-state index contributed by atoms with van der Waals surface area (Å²) in [5.74, 6) is -4.33. The quantitative estimate of drug-likeness (QED) is 0.503. The van der Waals surface area contributed by atoms with Crippen LogP contribution >= 0.6 is 15.9 Å². The number of hydrogen-bond donors (Lipinski definition) is 4. The van der Waals surface area contributed by atoms with E-state index in [9.17, 15) is 18.0 Å². The van der Waals surface area contributed by atoms with Gasteiger partial charge in [-0.25, -0.2) is 18.7 Å². The molecule has 140 valence electrons. The van der Waals surface area contributed by atoms with Crippen molar-refractivity contribution in [1.82, 2.24) is 5.48 Å². The number of nitrogens with one attached hydrogen (secondary N) is 2. The number of aliphatic hydroxyl groups is 2. The largest absolute Gasteiger partial charge is 0.394 e. The number of rotatable bonds is 7. The van der Waals surface area contributed by atoms with Gasteiger partial charge < -0.3 is 15.5 Å². The van der Waals surface area contributed by atoms with Gasteiger partial charge in [0.25, 0.3) is 5.91 Å². The molecule has 2 rings (SSSR count). The first-order chi connectivity index (χ1) is 12.3. The summed E-state index contributed by atoms with van der Waals surface area (Å²) in [6.07, 6.45) is -1.23. The number of hydroxylamine groups is 1. The van der Waals surface area contributed by atoms with Crippen LogP contribution in [-0.4, -0.2) is 35.4 Å². The third kappa shape index (κ3) is 4.94. The molecule has 0 bridgehead atoms. The third-order valence-electron chi connectivity index (χ3n) is 3.18. The second-order valence-corrected chi connectivity index (χ2v) is 6.03. The van der Waals surface area contributed by atoms with Gasteiger partial charge >= 0.3 is 0 Å². The fraction of sp³-hybridized carbons (Fsp3) is 0.188. The second-order valence-electron chi connectivity index (χ2n) is 5.11. The molecule has 0 radical (unpaired) electrons. The Kier molecular flexibility index (Phi) is 6.98. The molecule has 10 heteroatoms. The van der Waals surface area contributed by atoms with Crippen molar-refractivity contribution in [3.63, 3.8) is 0 Å². The highest BCUT2D eigenvalue weighted by Gasteiger charge is 2.20. The predicted molar refractivity (Wildman–Crippen MR) is 90.3 cm³/mol. The molecule has 0 aliphatic heterocycles. The molecule has 0 aliphatic rings. The average molecular weight is 435 g/mol. The van der Waals surface area contributed by atoms with Gasteiger partial charge in [0.15, 0.2) is 11.6 Å². The summed E-state index contributed by atoms with van der Waals surface area (Å²) in [4.78, 5) is 16.8. The lowest BCUT2D eigenvalue weighted by molar-refractivity contribution is -0.0295. The molecule has 0 aliphatic carbocycles. The van der Waals surface area contributed by atoms with E-state index >= 15 is 0 Å². The first-order valence-electron chi connectivity index (χ1n) is 7.24. The summed E-state index contributed by atoms with van der Waals surface area (Å²) >= 11 is 3.07. The molecule has 0 saturated carbocycles. The van der Waals surface area contributed by atoms with Gasteiger partial charge in [-0.2, -0.15) is 0 Å². The summed E-state index contributed by atoms with van der Waals surface area (Å²) in [5, 5.41) is 20.1. The summed E-state index contributed by atoms with van der Waals surface area (Å²) in [6, 6.07) is 5.58. The SMILES string of the molecule is O=C(NOC[C@@H](O)CO)c1ccc(F)c(F)c1Nc1ccc(Br)cc1F. The maximum Gasteiger partial charge on any atom is 0.277 e. The van der Waals surface area contributed by atoms with E-state index in [4.69, 9.17) is 10.2 Å². The third-order valence-corrected chi connectivity index (χ3v) is 3.67. The molecule has 1 amide bonds. The molecule has 1 atom stereocenters. The monoisotopic (exact) mass is 434 g/mol. The Morgan fingerprint density at radius 2 is 1.92 bits per heavy atom. The van der Waals surface area contributed by atoms with Gasteiger partial charge in [0, 0.05) is 4.47 Å². The van der Waals surface area contributed by atoms with Crippen molar-refractivity contribution in [3.05, 3.63) is 57.8 Å². The van der Waals surface area contributed by atoms with Crippen LogP contribution in [0.3, 0.4) is 0 Å². The van der Waals surface area contributed by atoms with Crippen LogP contribution in [0.2, 0.25) is 0 Å². The number of anilines is 2. The first-order valence-corrected chi connectivity index (χ1v) is 8.04. The Bertz CT molecular complexity index is 807. The molecule has 26 heavy (non-hydrogen) atoms. The van der Waals surface area contributed by atoms with Crippen molar-refractivity contribution in [3.8, 4) is 0 Å². The van der Waals surface area contributed by atoms with Gasteiger partial charge in [-0.05, 0) is 30.3 Å². The molecule has 0 saturated heterocycles. The number of hydrogen-bond acceptors (Lipinski definition) is 5. The lowest BCUT2D eigenvalue weighted by Gasteiger charge is -2.15. The molecule has 0 spiro atoms. The fourth-order valence-electron chi connectivity index (χ4n) is 1.90. The van der Waals surface area contributed by atoms with Crippen LogP contribution in [0.15, 0.2) is 34.8 Å². The summed E-state index contributed by atoms with van der Waals surface area (Å²) in [5.41, 5.74) is 0.798. The molecule has 2 aromatic carbocycles. The van der Waals surface area contributed by atoms with Crippen LogP contribution in [0.5, 0.6) is 0 Å². The summed E-state index contributed by atoms with van der Waals surface area (Å²) < 4.78 is 42.1. The molecule has 6 nitrogen and oxygen atoms in total. The van der Waals surface area contributed by atoms with Gasteiger partial charge in [0.2, 0.25) is 0 Å². The van der Waals surface area contributed by atoms with Gasteiger partial charge in [-0.3, -0.25) is 9.63 Å². The Balaban J connectivity index is 2.27. The Hall–Kier alpha value is -2.14. The topological polar surface area (TPSA) is 90.8 Å². The standard InChI is InChI=1S/C16H14BrF3N2O4/c17-8-1-4-13(12(19)5-8)21-15-10(2-3-11(18)14(15)20)16(25)22-26-7-9(24)6-23/h1-5,9,21,23-24H,6-7H2,(H,22,25)/t9-/m0/s1. The van der Waals surface area contributed by atoms with Gasteiger partial charge in [0.1, 0.15) is 18.5 Å². The zero-order valence-corrected chi connectivity index (χ0v) is 14.7. The van der Waals surface area contributed by atoms with Crippen molar-refractivity contribution >= 4 is 33.2 Å². The van der Waals surface area contributed by atoms with Crippen molar-refractivity contribution in [2.24, 2.45) is 0 Å². The van der Waals surface area contributed by atoms with Crippen LogP contribution in [0.4, 0.5) is 24.5 Å². The number of carbonyl (C=O) groups excluding carboxylic acids is 1. The maximum absolute atomic E-state index is 14.2. The normalized spacial score (nSPS) is 11.9. The molecule has 0 heterocycles. The van der Waals surface area contributed by atoms with Gasteiger partial charge in [-0.15, -0.1) is 0 Å². The van der Waals surface area contributed by atoms with Gasteiger partial charge in [0.05, 0.1) is 23.5 Å². The first kappa shape index (κ1) is 20.2. The minimum Gasteiger partial charge on any atom is -0.394 e. The minimum absolute atomic E-state index is 0.177. The van der Waals surface area contributed by atoms with E-state index in [2.05, 4.69) is 26.1 Å². The number of carbonyl (C=O) groups is 1. The van der Waals surface area contributed by atoms with E-state index in [1.54, 1.807) is 0 Å². The van der Waals surface area contributed by atoms with Crippen molar-refractivity contribution in [2.75, 3.05) is 18.5 Å². The highest BCUT2D eigenvalue weighted by atomic mass is 79.9. The number of aliphatic hydroxyl groups excluding tert-OH is 2. The highest BCUT2D eigenvalue weighted by Crippen LogP contribution is 2.29. The highest BCUT2D eigenvalue weighted by molar-refractivity contribution is 9.10. The van der Waals surface area contributed by atoms with Crippen molar-refractivity contribution < 1.29 is 33.0 Å². The fourth-order valence-corrected chi connectivity index (χ4v) is 2.23. The van der Waals surface area contributed by atoms with E-state index in [-0.39, 0.29) is 11.3 Å². The summed E-state index contributed by atoms with van der Waals surface area (Å²) in [6.45, 7) is -1.01. The number of halogens is 4. The van der Waals surface area contributed by atoms with Crippen LogP contribution in [0, 0.1) is 17.5 Å². The average Bonchev–Trinajstić information content (AvgIpc) is 2.60. The van der Waals surface area contributed by atoms with Crippen LogP contribution < -0.4 is 10.8 Å². The van der Waals surface area contributed by atoms with Crippen LogP contribution in [-0.2, 0) is 4.84 Å². The van der Waals surface area contributed by atoms with Crippen LogP contribution in [0.25, 0.3) is 0 Å². The predicted octanol–water partition coefficient (Wildman–Crippen LogP) is 2.62. The molecular formula is C16H14BrF3N2O4. The van der Waals surface area contributed by atoms with E-state index in [0.717, 1.165) is 18.2 Å². The Morgan fingerprint density at radius 1 is 1.19 bits per heavy atom. The Morgan fingerprint density at radius 3 is 2.58 bits per heavy atom. The van der Waals surface area contributed by atoms with Crippen molar-refractivity contribution in [2.45, 2.75) is 6.10 Å². The second kappa shape index (κ2) is 8.99. The Labute approximate surface area is 154 Å². The molecule has 0 aromatic heterocycles. The molecule has 2 aromatic rings. The molecular weight excluding hydrogens is 421 g/mol. The number of benzene rings is 2. The zero-order chi connectivity index (χ0) is 19.3. The lowest BCUT2D eigenvalue weighted by Crippen LogP contribution is -2.30. The smallest absolute Gasteiger partial charge is 0.277 e. The minimum atomic E-state index is -1.38. The molecule has 0 fully saturated rings. The number of amides is 1. The molecule has 0 unspecified atom stereocenters. The van der Waals surface area contributed by atoms with E-state index in [1.807, 2.05) is 5.48 Å². The van der Waals surface area contributed by atoms with E-state index in [0.29, 0.717) is 4.47 Å². The van der Waals surface area contributed by atoms with E-state index in [1.165, 1.54) is 12.1 Å². The lowest BCUT2D eigenvalue weighted by atomic mass is 10.1. The maximum atomic E-state index is 14.2. The van der Waals surface area contributed by atoms with Crippen LogP contribution in [0.1, 0.15) is 10.4 Å². The van der Waals surface area contributed by atoms with Crippen molar-refractivity contribution in [1.29, 1.82) is 0 Å². The molecule has 4 N–H and O–H groups in total. The van der Waals surface area contributed by atoms with E-state index < -0.39 is 48.4 Å².